The molecular weight excluding hydrogens is 474 g/mol. The topological polar surface area (TPSA) is 72.9 Å². The van der Waals surface area contributed by atoms with Gasteiger partial charge in [0.2, 0.25) is 0 Å². The van der Waals surface area contributed by atoms with Crippen molar-refractivity contribution in [2.24, 2.45) is 0 Å². The Morgan fingerprint density at radius 1 is 0.861 bits per heavy atom. The predicted molar refractivity (Wildman–Crippen MR) is 140 cm³/mol. The molecule has 6 nitrogen and oxygen atoms in total. The first-order chi connectivity index (χ1) is 17.5. The van der Waals surface area contributed by atoms with Gasteiger partial charge < -0.3 is 9.47 Å². The lowest BCUT2D eigenvalue weighted by Gasteiger charge is -2.14. The van der Waals surface area contributed by atoms with Crippen LogP contribution in [0.3, 0.4) is 0 Å². The zero-order chi connectivity index (χ0) is 25.1. The van der Waals surface area contributed by atoms with E-state index in [-0.39, 0.29) is 17.7 Å². The molecule has 5 rings (SSSR count). The molecule has 0 aliphatic carbocycles. The van der Waals surface area contributed by atoms with Crippen LogP contribution in [-0.4, -0.2) is 29.1 Å². The molecule has 0 saturated carbocycles. The lowest BCUT2D eigenvalue weighted by Crippen LogP contribution is -2.27. The number of ether oxygens (including phenoxy) is 2. The molecule has 0 spiro atoms. The normalized spacial score (nSPS) is 14.5. The minimum atomic E-state index is -0.486. The highest BCUT2D eigenvalue weighted by Crippen LogP contribution is 2.34. The maximum atomic E-state index is 13.0. The molecule has 4 aromatic rings. The van der Waals surface area contributed by atoms with Crippen molar-refractivity contribution in [3.63, 3.8) is 0 Å². The van der Waals surface area contributed by atoms with Gasteiger partial charge in [-0.05, 0) is 76.1 Å². The van der Waals surface area contributed by atoms with E-state index in [1.54, 1.807) is 61.7 Å². The van der Waals surface area contributed by atoms with Crippen molar-refractivity contribution in [2.75, 3.05) is 7.11 Å². The lowest BCUT2D eigenvalue weighted by molar-refractivity contribution is -0.123. The van der Waals surface area contributed by atoms with Gasteiger partial charge in [0.1, 0.15) is 11.5 Å². The summed E-state index contributed by atoms with van der Waals surface area (Å²) in [5.74, 6) is 0.211. The third-order valence-electron chi connectivity index (χ3n) is 5.80. The summed E-state index contributed by atoms with van der Waals surface area (Å²) in [6.45, 7) is 0.212. The third-order valence-corrected chi connectivity index (χ3v) is 6.70. The van der Waals surface area contributed by atoms with E-state index in [1.807, 2.05) is 42.5 Å². The SMILES string of the molecule is COc1ccc(C(=O)Oc2ccc(/C=C3/SC(=O)N(Cc4cccc5ccccc45)C3=O)cc2)cc1. The van der Waals surface area contributed by atoms with E-state index in [0.29, 0.717) is 22.0 Å². The van der Waals surface area contributed by atoms with Gasteiger partial charge in [0.25, 0.3) is 11.1 Å². The summed E-state index contributed by atoms with van der Waals surface area (Å²) in [5.41, 5.74) is 2.04. The summed E-state index contributed by atoms with van der Waals surface area (Å²) in [6, 6.07) is 27.1. The Morgan fingerprint density at radius 2 is 1.56 bits per heavy atom. The van der Waals surface area contributed by atoms with E-state index in [2.05, 4.69) is 0 Å². The molecule has 7 heteroatoms. The summed E-state index contributed by atoms with van der Waals surface area (Å²) in [6.07, 6.45) is 1.67. The molecule has 0 radical (unpaired) electrons. The summed E-state index contributed by atoms with van der Waals surface area (Å²) < 4.78 is 10.5. The highest BCUT2D eigenvalue weighted by atomic mass is 32.2. The number of nitrogens with zero attached hydrogens (tertiary/aromatic N) is 1. The smallest absolute Gasteiger partial charge is 0.343 e. The molecule has 1 aliphatic rings. The molecule has 0 bridgehead atoms. The maximum Gasteiger partial charge on any atom is 0.343 e. The van der Waals surface area contributed by atoms with Gasteiger partial charge in [-0.1, -0.05) is 54.6 Å². The molecule has 0 atom stereocenters. The van der Waals surface area contributed by atoms with Gasteiger partial charge in [-0.15, -0.1) is 0 Å². The van der Waals surface area contributed by atoms with Gasteiger partial charge in [0.05, 0.1) is 24.1 Å². The second-order valence-electron chi connectivity index (χ2n) is 8.09. The largest absolute Gasteiger partial charge is 0.497 e. The van der Waals surface area contributed by atoms with Crippen molar-refractivity contribution >= 4 is 45.7 Å². The Labute approximate surface area is 212 Å². The number of thioether (sulfide) groups is 1. The van der Waals surface area contributed by atoms with E-state index in [9.17, 15) is 14.4 Å². The van der Waals surface area contributed by atoms with Crippen molar-refractivity contribution in [1.82, 2.24) is 4.90 Å². The summed E-state index contributed by atoms with van der Waals surface area (Å²) in [5, 5.41) is 1.78. The van der Waals surface area contributed by atoms with Crippen molar-refractivity contribution in [2.45, 2.75) is 6.54 Å². The number of methoxy groups -OCH3 is 1. The van der Waals surface area contributed by atoms with E-state index in [0.717, 1.165) is 33.7 Å². The molecule has 1 saturated heterocycles. The van der Waals surface area contributed by atoms with Crippen LogP contribution in [0.5, 0.6) is 11.5 Å². The van der Waals surface area contributed by atoms with Gasteiger partial charge in [-0.3, -0.25) is 14.5 Å². The summed E-state index contributed by atoms with van der Waals surface area (Å²) >= 11 is 0.919. The number of esters is 1. The number of benzene rings is 4. The number of imide groups is 1. The highest BCUT2D eigenvalue weighted by Gasteiger charge is 2.35. The second-order valence-corrected chi connectivity index (χ2v) is 9.09. The highest BCUT2D eigenvalue weighted by molar-refractivity contribution is 8.18. The van der Waals surface area contributed by atoms with Gasteiger partial charge >= 0.3 is 5.97 Å². The predicted octanol–water partition coefficient (Wildman–Crippen LogP) is 6.30. The Balaban J connectivity index is 1.28. The Kier molecular flexibility index (Phi) is 6.56. The minimum absolute atomic E-state index is 0.212. The molecule has 2 amide bonds. The number of hydrogen-bond donors (Lipinski definition) is 0. The fourth-order valence-electron chi connectivity index (χ4n) is 3.91. The van der Waals surface area contributed by atoms with Crippen LogP contribution >= 0.6 is 11.8 Å². The molecule has 1 heterocycles. The number of hydrogen-bond acceptors (Lipinski definition) is 6. The number of fused-ring (bicyclic) bond motifs is 1. The number of amides is 2. The van der Waals surface area contributed by atoms with E-state index in [1.165, 1.54) is 4.90 Å². The van der Waals surface area contributed by atoms with Crippen LogP contribution in [0.2, 0.25) is 0 Å². The Bertz CT molecular complexity index is 1490. The first-order valence-electron chi connectivity index (χ1n) is 11.2. The average molecular weight is 496 g/mol. The standard InChI is InChI=1S/C29H21NO5S/c1-34-23-15-11-21(12-16-23)28(32)35-24-13-9-19(10-14-24)17-26-27(31)30(29(33)36-26)18-22-7-4-6-20-5-2-3-8-25(20)22/h2-17H,18H2,1H3/b26-17+. The fourth-order valence-corrected chi connectivity index (χ4v) is 4.75. The van der Waals surface area contributed by atoms with Crippen LogP contribution in [-0.2, 0) is 11.3 Å². The number of rotatable bonds is 6. The summed E-state index contributed by atoms with van der Waals surface area (Å²) in [7, 11) is 1.56. The van der Waals surface area contributed by atoms with Crippen molar-refractivity contribution in [1.29, 1.82) is 0 Å². The van der Waals surface area contributed by atoms with E-state index in [4.69, 9.17) is 9.47 Å². The monoisotopic (exact) mass is 495 g/mol. The first kappa shape index (κ1) is 23.4. The van der Waals surface area contributed by atoms with Crippen LogP contribution < -0.4 is 9.47 Å². The maximum absolute atomic E-state index is 13.0. The minimum Gasteiger partial charge on any atom is -0.497 e. The molecule has 36 heavy (non-hydrogen) atoms. The van der Waals surface area contributed by atoms with E-state index >= 15 is 0 Å². The van der Waals surface area contributed by atoms with E-state index < -0.39 is 5.97 Å². The molecule has 1 fully saturated rings. The lowest BCUT2D eigenvalue weighted by atomic mass is 10.0. The fraction of sp³-hybridized carbons (Fsp3) is 0.0690. The zero-order valence-corrected chi connectivity index (χ0v) is 20.2. The van der Waals surface area contributed by atoms with Gasteiger partial charge in [-0.25, -0.2) is 4.79 Å². The van der Waals surface area contributed by atoms with Gasteiger partial charge in [-0.2, -0.15) is 0 Å². The van der Waals surface area contributed by atoms with Gasteiger partial charge in [0.15, 0.2) is 0 Å². The van der Waals surface area contributed by atoms with Crippen LogP contribution in [0, 0.1) is 0 Å². The number of carbonyl (C=O) groups excluding carboxylic acids is 3. The van der Waals surface area contributed by atoms with Crippen molar-refractivity contribution < 1.29 is 23.9 Å². The second kappa shape index (κ2) is 10.1. The quantitative estimate of drug-likeness (QED) is 0.177. The van der Waals surface area contributed by atoms with Crippen LogP contribution in [0.15, 0.2) is 95.9 Å². The first-order valence-corrected chi connectivity index (χ1v) is 12.0. The average Bonchev–Trinajstić information content (AvgIpc) is 3.17. The molecule has 0 N–H and O–H groups in total. The molecular formula is C29H21NO5S. The number of carbonyl (C=O) groups is 3. The summed E-state index contributed by atoms with van der Waals surface area (Å²) in [4.78, 5) is 39.6. The molecule has 178 valence electrons. The zero-order valence-electron chi connectivity index (χ0n) is 19.3. The van der Waals surface area contributed by atoms with Crippen LogP contribution in [0.4, 0.5) is 4.79 Å². The molecule has 0 aromatic heterocycles. The Hall–Kier alpha value is -4.36. The molecule has 4 aromatic carbocycles. The Morgan fingerprint density at radius 3 is 2.31 bits per heavy atom. The van der Waals surface area contributed by atoms with Crippen LogP contribution in [0.1, 0.15) is 21.5 Å². The van der Waals surface area contributed by atoms with Gasteiger partial charge in [0, 0.05) is 0 Å². The van der Waals surface area contributed by atoms with Crippen molar-refractivity contribution in [3.05, 3.63) is 113 Å². The molecule has 1 aliphatic heterocycles. The van der Waals surface area contributed by atoms with Crippen LogP contribution in [0.25, 0.3) is 16.8 Å². The third kappa shape index (κ3) is 4.87. The van der Waals surface area contributed by atoms with Crippen molar-refractivity contribution in [3.8, 4) is 11.5 Å². The molecule has 0 unspecified atom stereocenters.